The molecule has 0 radical (unpaired) electrons. The molecule has 1 aromatic carbocycles. The lowest BCUT2D eigenvalue weighted by Gasteiger charge is -2.34. The van der Waals surface area contributed by atoms with Crippen LogP contribution >= 0.6 is 0 Å². The summed E-state index contributed by atoms with van der Waals surface area (Å²) in [6, 6.07) is 7.71. The van der Waals surface area contributed by atoms with E-state index in [0.29, 0.717) is 25.3 Å². The van der Waals surface area contributed by atoms with Crippen LogP contribution in [0.2, 0.25) is 0 Å². The highest BCUT2D eigenvalue weighted by Gasteiger charge is 2.33. The highest BCUT2D eigenvalue weighted by molar-refractivity contribution is 5.92. The molecule has 7 heteroatoms. The van der Waals surface area contributed by atoms with Crippen LogP contribution in [0, 0.1) is 11.7 Å². The van der Waals surface area contributed by atoms with Gasteiger partial charge >= 0.3 is 0 Å². The zero-order valence-electron chi connectivity index (χ0n) is 15.0. The Hall–Kier alpha value is -2.70. The van der Waals surface area contributed by atoms with E-state index in [0.717, 1.165) is 5.56 Å². The molecule has 0 spiro atoms. The van der Waals surface area contributed by atoms with Gasteiger partial charge in [0.15, 0.2) is 0 Å². The summed E-state index contributed by atoms with van der Waals surface area (Å²) < 4.78 is 13.2. The molecule has 1 atom stereocenters. The Morgan fingerprint density at radius 1 is 1.31 bits per heavy atom. The topological polar surface area (TPSA) is 69.3 Å². The van der Waals surface area contributed by atoms with Gasteiger partial charge in [-0.3, -0.25) is 14.7 Å². The zero-order chi connectivity index (χ0) is 18.7. The van der Waals surface area contributed by atoms with Gasteiger partial charge in [-0.1, -0.05) is 26.0 Å². The summed E-state index contributed by atoms with van der Waals surface area (Å²) in [5.41, 5.74) is 1.30. The number of rotatable bonds is 4. The predicted molar refractivity (Wildman–Crippen MR) is 94.7 cm³/mol. The van der Waals surface area contributed by atoms with Gasteiger partial charge in [-0.05, 0) is 29.7 Å². The number of aromatic amines is 1. The van der Waals surface area contributed by atoms with Gasteiger partial charge in [0.05, 0.1) is 6.04 Å². The average Bonchev–Trinajstić information content (AvgIpc) is 3.10. The molecule has 138 valence electrons. The molecule has 0 aliphatic carbocycles. The number of amides is 2. The quantitative estimate of drug-likeness (QED) is 0.913. The molecule has 0 saturated carbocycles. The number of nitrogens with zero attached hydrogens (tertiary/aromatic N) is 3. The first kappa shape index (κ1) is 18.1. The monoisotopic (exact) mass is 358 g/mol. The first-order chi connectivity index (χ1) is 12.5. The van der Waals surface area contributed by atoms with Crippen LogP contribution in [0.3, 0.4) is 0 Å². The van der Waals surface area contributed by atoms with Gasteiger partial charge in [-0.2, -0.15) is 5.10 Å². The molecule has 3 rings (SSSR count). The highest BCUT2D eigenvalue weighted by atomic mass is 19.1. The predicted octanol–water partition coefficient (Wildman–Crippen LogP) is 2.45. The number of nitrogens with one attached hydrogen (secondary N) is 1. The molecule has 6 nitrogen and oxygen atoms in total. The maximum absolute atomic E-state index is 13.2. The number of carbonyl (C=O) groups excluding carboxylic acids is 2. The number of carbonyl (C=O) groups is 2. The van der Waals surface area contributed by atoms with Gasteiger partial charge < -0.3 is 9.80 Å². The molecule has 1 N–H and O–H groups in total. The minimum atomic E-state index is -0.298. The van der Waals surface area contributed by atoms with Gasteiger partial charge in [0.2, 0.25) is 5.91 Å². The van der Waals surface area contributed by atoms with Crippen LogP contribution < -0.4 is 0 Å². The lowest BCUT2D eigenvalue weighted by atomic mass is 10.0. The maximum atomic E-state index is 13.2. The highest BCUT2D eigenvalue weighted by Crippen LogP contribution is 2.22. The Morgan fingerprint density at radius 2 is 2.04 bits per heavy atom. The number of hydrogen-bond acceptors (Lipinski definition) is 3. The van der Waals surface area contributed by atoms with Crippen LogP contribution in [0.25, 0.3) is 0 Å². The third-order valence-electron chi connectivity index (χ3n) is 4.78. The third-order valence-corrected chi connectivity index (χ3v) is 4.78. The van der Waals surface area contributed by atoms with Crippen molar-refractivity contribution in [2.45, 2.75) is 32.9 Å². The molecule has 2 amide bonds. The molecule has 0 unspecified atom stereocenters. The second-order valence-corrected chi connectivity index (χ2v) is 6.93. The molecule has 1 aliphatic rings. The van der Waals surface area contributed by atoms with Gasteiger partial charge in [-0.15, -0.1) is 0 Å². The van der Waals surface area contributed by atoms with Crippen LogP contribution in [-0.2, 0) is 11.3 Å². The summed E-state index contributed by atoms with van der Waals surface area (Å²) in [5, 5.41) is 6.52. The standard InChI is InChI=1S/C19H23FN4O2/c1-13(2)17-12-23(19(26)16-7-9-21-22-16)10-8-18(25)24(17)11-14-3-5-15(20)6-4-14/h3-7,9,13,17H,8,10-12H2,1-2H3,(H,21,22)/t17-/m0/s1. The van der Waals surface area contributed by atoms with Crippen molar-refractivity contribution in [3.05, 3.63) is 53.6 Å². The Balaban J connectivity index is 1.81. The van der Waals surface area contributed by atoms with Gasteiger partial charge in [0, 0.05) is 32.3 Å². The van der Waals surface area contributed by atoms with Gasteiger partial charge in [0.25, 0.3) is 5.91 Å². The van der Waals surface area contributed by atoms with Crippen LogP contribution in [0.15, 0.2) is 36.5 Å². The van der Waals surface area contributed by atoms with Crippen LogP contribution in [0.1, 0.15) is 36.3 Å². The summed E-state index contributed by atoms with van der Waals surface area (Å²) in [6.45, 7) is 5.33. The van der Waals surface area contributed by atoms with E-state index in [4.69, 9.17) is 0 Å². The van der Waals surface area contributed by atoms with E-state index in [1.54, 1.807) is 23.1 Å². The van der Waals surface area contributed by atoms with Gasteiger partial charge in [0.1, 0.15) is 11.5 Å². The Kier molecular flexibility index (Phi) is 5.35. The summed E-state index contributed by atoms with van der Waals surface area (Å²) in [5.74, 6) is -0.264. The Morgan fingerprint density at radius 3 is 2.65 bits per heavy atom. The fraction of sp³-hybridized carbons (Fsp3) is 0.421. The average molecular weight is 358 g/mol. The summed E-state index contributed by atoms with van der Waals surface area (Å²) in [6.07, 6.45) is 1.81. The maximum Gasteiger partial charge on any atom is 0.271 e. The van der Waals surface area contributed by atoms with Crippen molar-refractivity contribution < 1.29 is 14.0 Å². The van der Waals surface area contributed by atoms with Crippen molar-refractivity contribution in [2.75, 3.05) is 13.1 Å². The summed E-state index contributed by atoms with van der Waals surface area (Å²) >= 11 is 0. The first-order valence-corrected chi connectivity index (χ1v) is 8.78. The molecule has 1 fully saturated rings. The minimum absolute atomic E-state index is 0.00735. The molecule has 2 heterocycles. The first-order valence-electron chi connectivity index (χ1n) is 8.78. The van der Waals surface area contributed by atoms with E-state index >= 15 is 0 Å². The van der Waals surface area contributed by atoms with E-state index < -0.39 is 0 Å². The van der Waals surface area contributed by atoms with Crippen LogP contribution in [0.4, 0.5) is 4.39 Å². The van der Waals surface area contributed by atoms with Crippen molar-refractivity contribution in [2.24, 2.45) is 5.92 Å². The Bertz CT molecular complexity index is 758. The largest absolute Gasteiger partial charge is 0.335 e. The lowest BCUT2D eigenvalue weighted by Crippen LogP contribution is -2.47. The normalized spacial score (nSPS) is 18.3. The second-order valence-electron chi connectivity index (χ2n) is 6.93. The summed E-state index contributed by atoms with van der Waals surface area (Å²) in [7, 11) is 0. The van der Waals surface area contributed by atoms with E-state index in [9.17, 15) is 14.0 Å². The van der Waals surface area contributed by atoms with Gasteiger partial charge in [-0.25, -0.2) is 4.39 Å². The molecular weight excluding hydrogens is 335 g/mol. The fourth-order valence-corrected chi connectivity index (χ4v) is 3.27. The number of aromatic nitrogens is 2. The van der Waals surface area contributed by atoms with E-state index in [-0.39, 0.29) is 36.0 Å². The van der Waals surface area contributed by atoms with E-state index in [1.165, 1.54) is 18.3 Å². The van der Waals surface area contributed by atoms with Crippen molar-refractivity contribution in [3.8, 4) is 0 Å². The molecule has 1 aliphatic heterocycles. The Labute approximate surface area is 152 Å². The second kappa shape index (κ2) is 7.68. The molecule has 1 aromatic heterocycles. The molecule has 26 heavy (non-hydrogen) atoms. The van der Waals surface area contributed by atoms with Crippen molar-refractivity contribution >= 4 is 11.8 Å². The van der Waals surface area contributed by atoms with E-state index in [1.807, 2.05) is 18.7 Å². The van der Waals surface area contributed by atoms with Crippen LogP contribution in [-0.4, -0.2) is 50.9 Å². The SMILES string of the molecule is CC(C)[C@@H]1CN(C(=O)c2ccn[nH]2)CCC(=O)N1Cc1ccc(F)cc1. The van der Waals surface area contributed by atoms with E-state index in [2.05, 4.69) is 10.2 Å². The number of benzene rings is 1. The molecule has 0 bridgehead atoms. The molecule has 2 aromatic rings. The van der Waals surface area contributed by atoms with Crippen molar-refractivity contribution in [1.82, 2.24) is 20.0 Å². The zero-order valence-corrected chi connectivity index (χ0v) is 15.0. The third kappa shape index (κ3) is 3.92. The molecule has 1 saturated heterocycles. The van der Waals surface area contributed by atoms with Crippen molar-refractivity contribution in [1.29, 1.82) is 0 Å². The van der Waals surface area contributed by atoms with Crippen molar-refractivity contribution in [3.63, 3.8) is 0 Å². The fourth-order valence-electron chi connectivity index (χ4n) is 3.27. The summed E-state index contributed by atoms with van der Waals surface area (Å²) in [4.78, 5) is 28.9. The smallest absolute Gasteiger partial charge is 0.271 e. The number of H-pyrrole nitrogens is 1. The minimum Gasteiger partial charge on any atom is -0.335 e. The molecular formula is C19H23FN4O2. The van der Waals surface area contributed by atoms with Crippen LogP contribution in [0.5, 0.6) is 0 Å². The lowest BCUT2D eigenvalue weighted by molar-refractivity contribution is -0.134. The number of hydrogen-bond donors (Lipinski definition) is 1. The number of halogens is 1.